The number of ether oxygens (including phenoxy) is 1. The lowest BCUT2D eigenvalue weighted by molar-refractivity contribution is -0.140. The van der Waals surface area contributed by atoms with Gasteiger partial charge in [0, 0.05) is 13.0 Å². The van der Waals surface area contributed by atoms with Gasteiger partial charge in [0.1, 0.15) is 0 Å². The highest BCUT2D eigenvalue weighted by atomic mass is 32.2. The number of hydrogen-bond acceptors (Lipinski definition) is 5. The Bertz CT molecular complexity index is 364. The van der Waals surface area contributed by atoms with Crippen molar-refractivity contribution >= 4 is 16.0 Å². The maximum atomic E-state index is 11.6. The third kappa shape index (κ3) is 7.49. The van der Waals surface area contributed by atoms with Crippen LogP contribution in [-0.2, 0) is 19.6 Å². The maximum Gasteiger partial charge on any atom is 0.305 e. The number of nitrogens with one attached hydrogen (secondary N) is 1. The van der Waals surface area contributed by atoms with Gasteiger partial charge in [-0.15, -0.1) is 0 Å². The van der Waals surface area contributed by atoms with Gasteiger partial charge in [-0.05, 0) is 45.3 Å². The van der Waals surface area contributed by atoms with Crippen LogP contribution in [0.2, 0.25) is 0 Å². The van der Waals surface area contributed by atoms with Crippen LogP contribution in [0.3, 0.4) is 0 Å². The van der Waals surface area contributed by atoms with Gasteiger partial charge in [0.25, 0.3) is 0 Å². The summed E-state index contributed by atoms with van der Waals surface area (Å²) in [7, 11) is -1.96. The largest absolute Gasteiger partial charge is 0.469 e. The smallest absolute Gasteiger partial charge is 0.305 e. The van der Waals surface area contributed by atoms with Crippen LogP contribution in [0.4, 0.5) is 0 Å². The predicted octanol–water partition coefficient (Wildman–Crippen LogP) is 0.345. The summed E-state index contributed by atoms with van der Waals surface area (Å²) in [5.41, 5.74) is 0. The zero-order valence-electron chi connectivity index (χ0n) is 11.6. The highest BCUT2D eigenvalue weighted by Gasteiger charge is 2.13. The molecule has 7 heteroatoms. The van der Waals surface area contributed by atoms with Crippen molar-refractivity contribution < 1.29 is 17.9 Å². The van der Waals surface area contributed by atoms with Gasteiger partial charge in [0.15, 0.2) is 0 Å². The Kier molecular flexibility index (Phi) is 7.33. The Morgan fingerprint density at radius 3 is 2.58 bits per heavy atom. The summed E-state index contributed by atoms with van der Waals surface area (Å²) in [5.74, 6) is -0.393. The van der Waals surface area contributed by atoms with E-state index in [4.69, 9.17) is 0 Å². The number of hydrogen-bond donors (Lipinski definition) is 1. The van der Waals surface area contributed by atoms with Crippen molar-refractivity contribution in [3.63, 3.8) is 0 Å². The fourth-order valence-electron chi connectivity index (χ4n) is 2.12. The molecule has 0 radical (unpaired) electrons. The topological polar surface area (TPSA) is 75.7 Å². The minimum absolute atomic E-state index is 0.0220. The molecule has 6 nitrogen and oxygen atoms in total. The molecule has 0 aliphatic carbocycles. The van der Waals surface area contributed by atoms with E-state index in [2.05, 4.69) is 14.4 Å². The molecule has 1 rings (SSSR count). The Balaban J connectivity index is 2.07. The third-order valence-electron chi connectivity index (χ3n) is 3.19. The molecule has 112 valence electrons. The lowest BCUT2D eigenvalue weighted by atomic mass is 10.3. The van der Waals surface area contributed by atoms with Gasteiger partial charge in [-0.2, -0.15) is 0 Å². The van der Waals surface area contributed by atoms with Crippen molar-refractivity contribution in [2.45, 2.75) is 32.1 Å². The average molecular weight is 292 g/mol. The van der Waals surface area contributed by atoms with Crippen molar-refractivity contribution in [2.24, 2.45) is 0 Å². The van der Waals surface area contributed by atoms with Gasteiger partial charge in [-0.3, -0.25) is 4.79 Å². The molecule has 1 aliphatic heterocycles. The van der Waals surface area contributed by atoms with Crippen LogP contribution in [0, 0.1) is 0 Å². The number of likely N-dealkylation sites (tertiary alicyclic amines) is 1. The van der Waals surface area contributed by atoms with E-state index < -0.39 is 10.0 Å². The molecule has 1 saturated heterocycles. The van der Waals surface area contributed by atoms with Crippen molar-refractivity contribution in [3.8, 4) is 0 Å². The highest BCUT2D eigenvalue weighted by molar-refractivity contribution is 7.89. The quantitative estimate of drug-likeness (QED) is 0.490. The molecule has 1 N–H and O–H groups in total. The molecule has 0 atom stereocenters. The van der Waals surface area contributed by atoms with Gasteiger partial charge in [0.05, 0.1) is 12.9 Å². The Morgan fingerprint density at radius 1 is 1.26 bits per heavy atom. The number of carbonyl (C=O) groups excluding carboxylic acids is 1. The first-order valence-corrected chi connectivity index (χ1v) is 8.45. The van der Waals surface area contributed by atoms with Crippen LogP contribution in [-0.4, -0.2) is 58.3 Å². The van der Waals surface area contributed by atoms with E-state index in [9.17, 15) is 13.2 Å². The minimum atomic E-state index is -3.26. The Morgan fingerprint density at radius 2 is 1.95 bits per heavy atom. The van der Waals surface area contributed by atoms with E-state index in [0.717, 1.165) is 26.1 Å². The standard InChI is InChI=1S/C12H24N2O4S/c1-18-12(15)6-4-11-19(16,17)13-7-5-10-14-8-2-3-9-14/h13H,2-11H2,1H3. The Labute approximate surface area is 115 Å². The zero-order chi connectivity index (χ0) is 14.1. The summed E-state index contributed by atoms with van der Waals surface area (Å²) in [6, 6.07) is 0. The molecule has 0 aromatic rings. The summed E-state index contributed by atoms with van der Waals surface area (Å²) in [6.07, 6.45) is 3.77. The molecule has 0 unspecified atom stereocenters. The molecule has 0 bridgehead atoms. The molecule has 0 spiro atoms. The second kappa shape index (κ2) is 8.50. The van der Waals surface area contributed by atoms with Crippen LogP contribution < -0.4 is 4.72 Å². The third-order valence-corrected chi connectivity index (χ3v) is 4.66. The first kappa shape index (κ1) is 16.4. The van der Waals surface area contributed by atoms with Gasteiger partial charge >= 0.3 is 5.97 Å². The van der Waals surface area contributed by atoms with Gasteiger partial charge in [-0.1, -0.05) is 0 Å². The lowest BCUT2D eigenvalue weighted by Crippen LogP contribution is -2.30. The number of methoxy groups -OCH3 is 1. The molecule has 19 heavy (non-hydrogen) atoms. The van der Waals surface area contributed by atoms with Crippen molar-refractivity contribution in [2.75, 3.05) is 39.0 Å². The molecule has 1 aliphatic rings. The molecule has 0 amide bonds. The second-order valence-corrected chi connectivity index (χ2v) is 6.72. The zero-order valence-corrected chi connectivity index (χ0v) is 12.4. The van der Waals surface area contributed by atoms with Gasteiger partial charge in [0.2, 0.25) is 10.0 Å². The van der Waals surface area contributed by atoms with E-state index in [-0.39, 0.29) is 18.1 Å². The SMILES string of the molecule is COC(=O)CCCS(=O)(=O)NCCCN1CCCC1. The summed E-state index contributed by atoms with van der Waals surface area (Å²) in [5, 5.41) is 0. The fourth-order valence-corrected chi connectivity index (χ4v) is 3.24. The molecule has 0 aromatic heterocycles. The number of esters is 1. The molecular weight excluding hydrogens is 268 g/mol. The van der Waals surface area contributed by atoms with Gasteiger partial charge in [-0.25, -0.2) is 13.1 Å². The number of rotatable bonds is 9. The minimum Gasteiger partial charge on any atom is -0.469 e. The summed E-state index contributed by atoms with van der Waals surface area (Å²) < 4.78 is 30.3. The van der Waals surface area contributed by atoms with Crippen molar-refractivity contribution in [1.82, 2.24) is 9.62 Å². The molecule has 0 aromatic carbocycles. The molecule has 1 fully saturated rings. The number of carbonyl (C=O) groups is 1. The van der Waals surface area contributed by atoms with Crippen LogP contribution in [0.5, 0.6) is 0 Å². The molecule has 1 heterocycles. The summed E-state index contributed by atoms with van der Waals surface area (Å²) in [4.78, 5) is 13.2. The lowest BCUT2D eigenvalue weighted by Gasteiger charge is -2.14. The summed E-state index contributed by atoms with van der Waals surface area (Å²) >= 11 is 0. The van der Waals surface area contributed by atoms with Crippen LogP contribution >= 0.6 is 0 Å². The first-order valence-electron chi connectivity index (χ1n) is 6.80. The number of nitrogens with zero attached hydrogens (tertiary/aromatic N) is 1. The number of sulfonamides is 1. The van der Waals surface area contributed by atoms with Crippen molar-refractivity contribution in [1.29, 1.82) is 0 Å². The normalized spacial score (nSPS) is 16.7. The predicted molar refractivity (Wildman–Crippen MR) is 73.3 cm³/mol. The average Bonchev–Trinajstić information content (AvgIpc) is 2.87. The van der Waals surface area contributed by atoms with E-state index >= 15 is 0 Å². The molecule has 0 saturated carbocycles. The Hall–Kier alpha value is -0.660. The van der Waals surface area contributed by atoms with E-state index in [0.29, 0.717) is 13.0 Å². The van der Waals surface area contributed by atoms with E-state index in [1.807, 2.05) is 0 Å². The van der Waals surface area contributed by atoms with Crippen LogP contribution in [0.15, 0.2) is 0 Å². The molecular formula is C12H24N2O4S. The summed E-state index contributed by atoms with van der Waals surface area (Å²) in [6.45, 7) is 3.68. The maximum absolute atomic E-state index is 11.6. The first-order chi connectivity index (χ1) is 9.03. The monoisotopic (exact) mass is 292 g/mol. The van der Waals surface area contributed by atoms with Gasteiger partial charge < -0.3 is 9.64 Å². The fraction of sp³-hybridized carbons (Fsp3) is 0.917. The van der Waals surface area contributed by atoms with E-state index in [1.54, 1.807) is 0 Å². The highest BCUT2D eigenvalue weighted by Crippen LogP contribution is 2.07. The van der Waals surface area contributed by atoms with E-state index in [1.165, 1.54) is 20.0 Å². The van der Waals surface area contributed by atoms with Crippen LogP contribution in [0.1, 0.15) is 32.1 Å². The van der Waals surface area contributed by atoms with Crippen LogP contribution in [0.25, 0.3) is 0 Å². The second-order valence-electron chi connectivity index (χ2n) is 4.80. The van der Waals surface area contributed by atoms with Crippen molar-refractivity contribution in [3.05, 3.63) is 0 Å².